The van der Waals surface area contributed by atoms with Gasteiger partial charge in [0.2, 0.25) is 0 Å². The van der Waals surface area contributed by atoms with Gasteiger partial charge >= 0.3 is 12.0 Å². The van der Waals surface area contributed by atoms with Gasteiger partial charge in [0.15, 0.2) is 0 Å². The number of nitrogens with one attached hydrogen (secondary N) is 1. The number of carbonyl (C=O) groups is 2. The minimum Gasteiger partial charge on any atom is -0.480 e. The van der Waals surface area contributed by atoms with Crippen LogP contribution in [0.2, 0.25) is 0 Å². The van der Waals surface area contributed by atoms with E-state index in [1.807, 2.05) is 5.38 Å². The van der Waals surface area contributed by atoms with Crippen LogP contribution in [0.15, 0.2) is 16.8 Å². The average molecular weight is 256 g/mol. The first kappa shape index (κ1) is 13.5. The maximum absolute atomic E-state index is 11.9. The van der Waals surface area contributed by atoms with Gasteiger partial charge in [0.1, 0.15) is 6.54 Å². The lowest BCUT2D eigenvalue weighted by atomic mass is 10.1. The average Bonchev–Trinajstić information content (AvgIpc) is 2.64. The molecule has 0 saturated heterocycles. The summed E-state index contributed by atoms with van der Waals surface area (Å²) < 4.78 is 0. The predicted molar refractivity (Wildman–Crippen MR) is 67.4 cm³/mol. The molecular formula is C11H16N2O3S. The molecule has 0 spiro atoms. The molecule has 0 atom stereocenters. The van der Waals surface area contributed by atoms with E-state index in [4.69, 9.17) is 5.11 Å². The number of rotatable bonds is 3. The molecule has 1 aromatic heterocycles. The van der Waals surface area contributed by atoms with Gasteiger partial charge in [0.25, 0.3) is 0 Å². The van der Waals surface area contributed by atoms with Crippen molar-refractivity contribution in [2.75, 3.05) is 11.9 Å². The summed E-state index contributed by atoms with van der Waals surface area (Å²) in [5.74, 6) is -1.03. The van der Waals surface area contributed by atoms with Crippen molar-refractivity contribution < 1.29 is 14.7 Å². The third-order valence-electron chi connectivity index (χ3n) is 2.12. The Hall–Kier alpha value is -1.56. The first-order valence-electron chi connectivity index (χ1n) is 5.13. The summed E-state index contributed by atoms with van der Waals surface area (Å²) in [6.07, 6.45) is 0. The number of nitrogens with zero attached hydrogens (tertiary/aromatic N) is 1. The fraction of sp³-hybridized carbons (Fsp3) is 0.455. The van der Waals surface area contributed by atoms with E-state index in [1.165, 1.54) is 16.2 Å². The van der Waals surface area contributed by atoms with E-state index in [0.717, 1.165) is 0 Å². The molecule has 0 radical (unpaired) electrons. The third kappa shape index (κ3) is 4.07. The molecular weight excluding hydrogens is 240 g/mol. The second-order valence-electron chi connectivity index (χ2n) is 4.59. The highest BCUT2D eigenvalue weighted by Gasteiger charge is 2.28. The van der Waals surface area contributed by atoms with Crippen LogP contribution in [-0.2, 0) is 4.79 Å². The normalized spacial score (nSPS) is 11.0. The second-order valence-corrected chi connectivity index (χ2v) is 5.37. The highest BCUT2D eigenvalue weighted by molar-refractivity contribution is 7.08. The van der Waals surface area contributed by atoms with Gasteiger partial charge in [-0.15, -0.1) is 0 Å². The molecule has 0 aliphatic rings. The number of carboxylic acids is 1. The zero-order valence-electron chi connectivity index (χ0n) is 10.1. The molecule has 1 rings (SSSR count). The molecule has 0 aliphatic heterocycles. The second kappa shape index (κ2) is 5.18. The number of amides is 2. The van der Waals surface area contributed by atoms with Crippen LogP contribution in [0.3, 0.4) is 0 Å². The lowest BCUT2D eigenvalue weighted by molar-refractivity contribution is -0.138. The van der Waals surface area contributed by atoms with Crippen LogP contribution in [0.1, 0.15) is 20.8 Å². The Labute approximate surface area is 104 Å². The van der Waals surface area contributed by atoms with Gasteiger partial charge in [-0.1, -0.05) is 0 Å². The van der Waals surface area contributed by atoms with Crippen molar-refractivity contribution in [1.29, 1.82) is 0 Å². The molecule has 1 heterocycles. The van der Waals surface area contributed by atoms with Crippen LogP contribution in [0.4, 0.5) is 10.5 Å². The first-order valence-corrected chi connectivity index (χ1v) is 6.07. The number of anilines is 1. The van der Waals surface area contributed by atoms with Gasteiger partial charge in [-0.2, -0.15) is 11.3 Å². The Kier molecular flexibility index (Phi) is 4.11. The standard InChI is InChI=1S/C11H16N2O3S/c1-11(2,3)13(6-9(14)15)10(16)12-8-4-5-17-7-8/h4-5,7H,6H2,1-3H3,(H,12,16)(H,14,15). The Morgan fingerprint density at radius 1 is 1.47 bits per heavy atom. The molecule has 0 bridgehead atoms. The van der Waals surface area contributed by atoms with Crippen LogP contribution in [0, 0.1) is 0 Å². The van der Waals surface area contributed by atoms with E-state index in [-0.39, 0.29) is 6.54 Å². The van der Waals surface area contributed by atoms with E-state index in [0.29, 0.717) is 5.69 Å². The number of aliphatic carboxylic acids is 1. The van der Waals surface area contributed by atoms with Crippen molar-refractivity contribution in [2.45, 2.75) is 26.3 Å². The molecule has 0 aliphatic carbocycles. The van der Waals surface area contributed by atoms with Gasteiger partial charge in [-0.05, 0) is 32.2 Å². The van der Waals surface area contributed by atoms with E-state index in [2.05, 4.69) is 5.32 Å². The van der Waals surface area contributed by atoms with Gasteiger partial charge in [0.05, 0.1) is 5.69 Å². The SMILES string of the molecule is CC(C)(C)N(CC(=O)O)C(=O)Nc1ccsc1. The highest BCUT2D eigenvalue weighted by atomic mass is 32.1. The smallest absolute Gasteiger partial charge is 0.323 e. The molecule has 17 heavy (non-hydrogen) atoms. The number of carbonyl (C=O) groups excluding carboxylic acids is 1. The minimum atomic E-state index is -1.03. The maximum Gasteiger partial charge on any atom is 0.323 e. The number of hydrogen-bond acceptors (Lipinski definition) is 3. The number of carboxylic acid groups (broad SMARTS) is 1. The molecule has 0 fully saturated rings. The van der Waals surface area contributed by atoms with Crippen molar-refractivity contribution >= 4 is 29.0 Å². The minimum absolute atomic E-state index is 0.320. The van der Waals surface area contributed by atoms with E-state index >= 15 is 0 Å². The summed E-state index contributed by atoms with van der Waals surface area (Å²) >= 11 is 1.47. The Bertz CT molecular complexity index is 395. The number of thiophene rings is 1. The highest BCUT2D eigenvalue weighted by Crippen LogP contribution is 2.17. The summed E-state index contributed by atoms with van der Waals surface area (Å²) in [6.45, 7) is 5.06. The van der Waals surface area contributed by atoms with E-state index < -0.39 is 17.5 Å². The van der Waals surface area contributed by atoms with E-state index in [1.54, 1.807) is 32.2 Å². The first-order chi connectivity index (χ1) is 7.80. The Morgan fingerprint density at radius 2 is 2.12 bits per heavy atom. The van der Waals surface area contributed by atoms with Gasteiger partial charge in [0, 0.05) is 10.9 Å². The molecule has 1 aromatic rings. The lowest BCUT2D eigenvalue weighted by Crippen LogP contribution is -2.50. The molecule has 0 saturated carbocycles. The van der Waals surface area contributed by atoms with Crippen molar-refractivity contribution in [1.82, 2.24) is 4.90 Å². The summed E-state index contributed by atoms with van der Waals surface area (Å²) in [7, 11) is 0. The van der Waals surface area contributed by atoms with Crippen LogP contribution in [-0.4, -0.2) is 34.1 Å². The van der Waals surface area contributed by atoms with Crippen LogP contribution >= 0.6 is 11.3 Å². The fourth-order valence-electron chi connectivity index (χ4n) is 1.28. The van der Waals surface area contributed by atoms with Gasteiger partial charge in [-0.3, -0.25) is 4.79 Å². The molecule has 0 unspecified atom stereocenters. The topological polar surface area (TPSA) is 69.6 Å². The fourth-order valence-corrected chi connectivity index (χ4v) is 1.86. The summed E-state index contributed by atoms with van der Waals surface area (Å²) in [4.78, 5) is 24.0. The molecule has 2 N–H and O–H groups in total. The summed E-state index contributed by atoms with van der Waals surface area (Å²) in [5, 5.41) is 15.1. The zero-order chi connectivity index (χ0) is 13.1. The van der Waals surface area contributed by atoms with Crippen LogP contribution in [0.5, 0.6) is 0 Å². The van der Waals surface area contributed by atoms with Gasteiger partial charge in [-0.25, -0.2) is 4.79 Å². The monoisotopic (exact) mass is 256 g/mol. The van der Waals surface area contributed by atoms with Gasteiger partial charge < -0.3 is 15.3 Å². The van der Waals surface area contributed by atoms with Crippen molar-refractivity contribution in [3.05, 3.63) is 16.8 Å². The predicted octanol–water partition coefficient (Wildman–Crippen LogP) is 2.47. The molecule has 5 nitrogen and oxygen atoms in total. The molecule has 6 heteroatoms. The lowest BCUT2D eigenvalue weighted by Gasteiger charge is -2.34. The zero-order valence-corrected chi connectivity index (χ0v) is 10.9. The van der Waals surface area contributed by atoms with E-state index in [9.17, 15) is 9.59 Å². The maximum atomic E-state index is 11.9. The van der Waals surface area contributed by atoms with Crippen molar-refractivity contribution in [3.8, 4) is 0 Å². The van der Waals surface area contributed by atoms with Crippen LogP contribution in [0.25, 0.3) is 0 Å². The molecule has 94 valence electrons. The Morgan fingerprint density at radius 3 is 2.53 bits per heavy atom. The number of urea groups is 1. The van der Waals surface area contributed by atoms with Crippen molar-refractivity contribution in [2.24, 2.45) is 0 Å². The van der Waals surface area contributed by atoms with Crippen LogP contribution < -0.4 is 5.32 Å². The molecule has 2 amide bonds. The third-order valence-corrected chi connectivity index (χ3v) is 2.80. The molecule has 0 aromatic carbocycles. The Balaban J connectivity index is 2.76. The summed E-state index contributed by atoms with van der Waals surface area (Å²) in [6, 6.07) is 1.36. The largest absolute Gasteiger partial charge is 0.480 e. The quantitative estimate of drug-likeness (QED) is 0.872. The van der Waals surface area contributed by atoms with Crippen molar-refractivity contribution in [3.63, 3.8) is 0 Å². The number of hydrogen-bond donors (Lipinski definition) is 2. The summed E-state index contributed by atoms with van der Waals surface area (Å²) in [5.41, 5.74) is 0.137.